The molecule has 1 N–H and O–H groups in total. The van der Waals surface area contributed by atoms with Crippen LogP contribution in [0.15, 0.2) is 12.3 Å². The summed E-state index contributed by atoms with van der Waals surface area (Å²) in [6.45, 7) is 2.73. The maximum atomic E-state index is 5.60. The molecule has 0 radical (unpaired) electrons. The van der Waals surface area contributed by atoms with Crippen molar-refractivity contribution in [1.82, 2.24) is 15.1 Å². The van der Waals surface area contributed by atoms with Crippen LogP contribution < -0.4 is 5.32 Å². The quantitative estimate of drug-likeness (QED) is 0.815. The van der Waals surface area contributed by atoms with E-state index in [0.29, 0.717) is 6.10 Å². The number of hydrogen-bond donors (Lipinski definition) is 1. The van der Waals surface area contributed by atoms with E-state index in [1.165, 1.54) is 25.7 Å². The fraction of sp³-hybridized carbons (Fsp3) is 0.750. The van der Waals surface area contributed by atoms with Crippen LogP contribution >= 0.6 is 0 Å². The Kier molecular flexibility index (Phi) is 2.93. The van der Waals surface area contributed by atoms with Crippen molar-refractivity contribution in [3.05, 3.63) is 18.0 Å². The van der Waals surface area contributed by atoms with Crippen LogP contribution in [0.5, 0.6) is 0 Å². The Morgan fingerprint density at radius 3 is 3.12 bits per heavy atom. The second-order valence-corrected chi connectivity index (χ2v) is 4.82. The molecule has 88 valence electrons. The van der Waals surface area contributed by atoms with Crippen molar-refractivity contribution in [3.63, 3.8) is 0 Å². The average molecular weight is 221 g/mol. The molecule has 2 fully saturated rings. The average Bonchev–Trinajstić information content (AvgIpc) is 2.78. The Labute approximate surface area is 96.0 Å². The van der Waals surface area contributed by atoms with Gasteiger partial charge in [-0.2, -0.15) is 5.10 Å². The molecule has 3 rings (SSSR count). The second-order valence-electron chi connectivity index (χ2n) is 4.82. The molecule has 0 amide bonds. The summed E-state index contributed by atoms with van der Waals surface area (Å²) >= 11 is 0. The van der Waals surface area contributed by atoms with E-state index in [2.05, 4.69) is 22.7 Å². The lowest BCUT2D eigenvalue weighted by Crippen LogP contribution is -2.18. The van der Waals surface area contributed by atoms with Crippen molar-refractivity contribution in [2.24, 2.45) is 0 Å². The fourth-order valence-electron chi connectivity index (χ4n) is 2.13. The molecule has 0 bridgehead atoms. The Balaban J connectivity index is 1.50. The van der Waals surface area contributed by atoms with Gasteiger partial charge in [-0.25, -0.2) is 0 Å². The first-order valence-electron chi connectivity index (χ1n) is 6.27. The minimum absolute atomic E-state index is 0.379. The van der Waals surface area contributed by atoms with E-state index in [-0.39, 0.29) is 0 Å². The lowest BCUT2D eigenvalue weighted by Gasteiger charge is -2.08. The highest BCUT2D eigenvalue weighted by atomic mass is 16.5. The van der Waals surface area contributed by atoms with Gasteiger partial charge in [-0.3, -0.25) is 4.68 Å². The molecule has 1 aromatic rings. The zero-order valence-corrected chi connectivity index (χ0v) is 9.56. The molecule has 0 spiro atoms. The number of ether oxygens (including phenoxy) is 1. The first-order valence-corrected chi connectivity index (χ1v) is 6.27. The van der Waals surface area contributed by atoms with Crippen LogP contribution in [0.2, 0.25) is 0 Å². The maximum absolute atomic E-state index is 5.60. The Bertz CT molecular complexity index is 340. The number of nitrogens with one attached hydrogen (secondary N) is 1. The summed E-state index contributed by atoms with van der Waals surface area (Å²) in [6.07, 6.45) is 7.47. The molecular formula is C12H19N3O. The van der Waals surface area contributed by atoms with Crippen LogP contribution in [0.25, 0.3) is 0 Å². The molecule has 2 aliphatic rings. The van der Waals surface area contributed by atoms with Crippen LogP contribution in [0.3, 0.4) is 0 Å². The fourth-order valence-corrected chi connectivity index (χ4v) is 2.13. The minimum Gasteiger partial charge on any atom is -0.376 e. The SMILES string of the molecule is c1cn(CC2CCCO2)nc1CNC1CC1. The number of rotatable bonds is 5. The van der Waals surface area contributed by atoms with Gasteiger partial charge in [-0.1, -0.05) is 0 Å². The first-order chi connectivity index (χ1) is 7.90. The molecule has 1 unspecified atom stereocenters. The van der Waals surface area contributed by atoms with Gasteiger partial charge in [0.25, 0.3) is 0 Å². The highest BCUT2D eigenvalue weighted by Gasteiger charge is 2.20. The van der Waals surface area contributed by atoms with Gasteiger partial charge in [0.1, 0.15) is 0 Å². The van der Waals surface area contributed by atoms with Gasteiger partial charge in [0.15, 0.2) is 0 Å². The van der Waals surface area contributed by atoms with Crippen molar-refractivity contribution in [3.8, 4) is 0 Å². The molecule has 1 saturated carbocycles. The molecule has 16 heavy (non-hydrogen) atoms. The van der Waals surface area contributed by atoms with E-state index in [9.17, 15) is 0 Å². The Hall–Kier alpha value is -0.870. The monoisotopic (exact) mass is 221 g/mol. The van der Waals surface area contributed by atoms with Crippen LogP contribution in [-0.4, -0.2) is 28.5 Å². The van der Waals surface area contributed by atoms with E-state index in [1.54, 1.807) is 0 Å². The van der Waals surface area contributed by atoms with Gasteiger partial charge in [-0.15, -0.1) is 0 Å². The van der Waals surface area contributed by atoms with E-state index in [1.807, 2.05) is 4.68 Å². The van der Waals surface area contributed by atoms with Crippen molar-refractivity contribution in [2.45, 2.75) is 50.9 Å². The zero-order valence-electron chi connectivity index (χ0n) is 9.56. The highest BCUT2D eigenvalue weighted by Crippen LogP contribution is 2.19. The van der Waals surface area contributed by atoms with Crippen LogP contribution in [0.1, 0.15) is 31.4 Å². The highest BCUT2D eigenvalue weighted by molar-refractivity contribution is 5.00. The van der Waals surface area contributed by atoms with E-state index >= 15 is 0 Å². The predicted molar refractivity (Wildman–Crippen MR) is 61.1 cm³/mol. The van der Waals surface area contributed by atoms with Crippen LogP contribution in [-0.2, 0) is 17.8 Å². The summed E-state index contributed by atoms with van der Waals surface area (Å²) in [5.41, 5.74) is 1.14. The van der Waals surface area contributed by atoms with Crippen molar-refractivity contribution < 1.29 is 4.74 Å². The third-order valence-electron chi connectivity index (χ3n) is 3.26. The van der Waals surface area contributed by atoms with E-state index < -0.39 is 0 Å². The molecule has 2 heterocycles. The summed E-state index contributed by atoms with van der Waals surface area (Å²) in [4.78, 5) is 0. The van der Waals surface area contributed by atoms with Gasteiger partial charge in [0, 0.05) is 25.4 Å². The molecule has 1 aromatic heterocycles. The maximum Gasteiger partial charge on any atom is 0.0771 e. The normalized spacial score (nSPS) is 25.1. The molecule has 1 saturated heterocycles. The lowest BCUT2D eigenvalue weighted by molar-refractivity contribution is 0.0939. The van der Waals surface area contributed by atoms with E-state index in [0.717, 1.165) is 31.4 Å². The van der Waals surface area contributed by atoms with Gasteiger partial charge in [0.2, 0.25) is 0 Å². The molecule has 1 atom stereocenters. The van der Waals surface area contributed by atoms with Crippen molar-refractivity contribution >= 4 is 0 Å². The molecule has 4 nitrogen and oxygen atoms in total. The smallest absolute Gasteiger partial charge is 0.0771 e. The largest absolute Gasteiger partial charge is 0.376 e. The first kappa shape index (κ1) is 10.3. The van der Waals surface area contributed by atoms with Gasteiger partial charge < -0.3 is 10.1 Å². The molecule has 1 aliphatic heterocycles. The molecule has 1 aliphatic carbocycles. The van der Waals surface area contributed by atoms with Crippen LogP contribution in [0, 0.1) is 0 Å². The van der Waals surface area contributed by atoms with Gasteiger partial charge in [-0.05, 0) is 31.7 Å². The summed E-state index contributed by atoms with van der Waals surface area (Å²) < 4.78 is 7.61. The second kappa shape index (κ2) is 4.55. The van der Waals surface area contributed by atoms with Gasteiger partial charge in [0.05, 0.1) is 18.3 Å². The van der Waals surface area contributed by atoms with Crippen molar-refractivity contribution in [1.29, 1.82) is 0 Å². The lowest BCUT2D eigenvalue weighted by atomic mass is 10.2. The Morgan fingerprint density at radius 1 is 1.44 bits per heavy atom. The minimum atomic E-state index is 0.379. The third-order valence-corrected chi connectivity index (χ3v) is 3.26. The summed E-state index contributed by atoms with van der Waals surface area (Å²) in [5, 5.41) is 8.02. The number of hydrogen-bond acceptors (Lipinski definition) is 3. The molecule has 0 aromatic carbocycles. The topological polar surface area (TPSA) is 39.1 Å². The Morgan fingerprint density at radius 2 is 2.38 bits per heavy atom. The summed E-state index contributed by atoms with van der Waals surface area (Å²) in [7, 11) is 0. The molecule has 4 heteroatoms. The third kappa shape index (κ3) is 2.62. The number of nitrogens with zero attached hydrogens (tertiary/aromatic N) is 2. The van der Waals surface area contributed by atoms with Crippen molar-refractivity contribution in [2.75, 3.05) is 6.61 Å². The summed E-state index contributed by atoms with van der Waals surface area (Å²) in [6, 6.07) is 2.85. The molecular weight excluding hydrogens is 202 g/mol. The van der Waals surface area contributed by atoms with E-state index in [4.69, 9.17) is 4.74 Å². The van der Waals surface area contributed by atoms with Crippen LogP contribution in [0.4, 0.5) is 0 Å². The summed E-state index contributed by atoms with van der Waals surface area (Å²) in [5.74, 6) is 0. The standard InChI is InChI=1S/C12H19N3O/c1-2-12(16-7-1)9-15-6-5-11(14-15)8-13-10-3-4-10/h5-6,10,12-13H,1-4,7-9H2. The zero-order chi connectivity index (χ0) is 10.8. The number of aromatic nitrogens is 2. The predicted octanol–water partition coefficient (Wildman–Crippen LogP) is 1.31. The van der Waals surface area contributed by atoms with Gasteiger partial charge >= 0.3 is 0 Å².